The summed E-state index contributed by atoms with van der Waals surface area (Å²) in [6.45, 7) is 1.97. The highest BCUT2D eigenvalue weighted by Gasteiger charge is 2.43. The van der Waals surface area contributed by atoms with Crippen LogP contribution in [-0.4, -0.2) is 15.2 Å². The first-order valence-corrected chi connectivity index (χ1v) is 6.01. The normalized spacial score (nSPS) is 23.3. The van der Waals surface area contributed by atoms with Gasteiger partial charge in [0.1, 0.15) is 0 Å². The maximum atomic E-state index is 9.61. The average Bonchev–Trinajstić information content (AvgIpc) is 2.72. The first-order valence-electron chi connectivity index (χ1n) is 6.01. The van der Waals surface area contributed by atoms with Gasteiger partial charge in [-0.15, -0.1) is 9.94 Å². The Hall–Kier alpha value is -0.990. The zero-order valence-corrected chi connectivity index (χ0v) is 9.29. The molecule has 2 aliphatic carbocycles. The molecule has 1 saturated carbocycles. The first kappa shape index (κ1) is 9.25. The summed E-state index contributed by atoms with van der Waals surface area (Å²) in [5.74, 6) is 0. The predicted octanol–water partition coefficient (Wildman–Crippen LogP) is 2.58. The van der Waals surface area contributed by atoms with Crippen LogP contribution in [-0.2, 0) is 11.8 Å². The Morgan fingerprint density at radius 1 is 1.20 bits per heavy atom. The Balaban J connectivity index is 2.06. The molecular weight excluding hydrogens is 188 g/mol. The van der Waals surface area contributed by atoms with E-state index in [1.165, 1.54) is 49.8 Å². The maximum Gasteiger partial charge on any atom is 0.0802 e. The molecule has 82 valence electrons. The minimum absolute atomic E-state index is 0.326. The molecule has 3 nitrogen and oxygen atoms in total. The van der Waals surface area contributed by atoms with Crippen molar-refractivity contribution in [3.8, 4) is 0 Å². The van der Waals surface area contributed by atoms with Crippen LogP contribution in [0, 0.1) is 6.92 Å². The van der Waals surface area contributed by atoms with Crippen LogP contribution in [0.2, 0.25) is 0 Å². The van der Waals surface area contributed by atoms with Gasteiger partial charge in [-0.05, 0) is 32.6 Å². The van der Waals surface area contributed by atoms with Crippen molar-refractivity contribution in [2.45, 2.75) is 57.3 Å². The minimum Gasteiger partial charge on any atom is -0.411 e. The van der Waals surface area contributed by atoms with Gasteiger partial charge in [-0.2, -0.15) is 0 Å². The molecule has 3 heteroatoms. The standard InChI is InChI=1S/C12H18N2O/c1-9-10-5-8-12(6-3-2-4-7-12)11(10)13-14(9)15/h15H,2-8H2,1H3. The molecule has 0 atom stereocenters. The Kier molecular flexibility index (Phi) is 1.85. The fourth-order valence-corrected chi connectivity index (χ4v) is 3.45. The average molecular weight is 206 g/mol. The van der Waals surface area contributed by atoms with Crippen LogP contribution in [0.25, 0.3) is 0 Å². The lowest BCUT2D eigenvalue weighted by Gasteiger charge is -2.32. The summed E-state index contributed by atoms with van der Waals surface area (Å²) in [5.41, 5.74) is 3.81. The van der Waals surface area contributed by atoms with E-state index in [-0.39, 0.29) is 0 Å². The van der Waals surface area contributed by atoms with Gasteiger partial charge < -0.3 is 5.21 Å². The van der Waals surface area contributed by atoms with Gasteiger partial charge in [0.25, 0.3) is 0 Å². The summed E-state index contributed by atoms with van der Waals surface area (Å²) in [5, 5.41) is 13.9. The predicted molar refractivity (Wildman–Crippen MR) is 57.2 cm³/mol. The van der Waals surface area contributed by atoms with Gasteiger partial charge in [-0.25, -0.2) is 0 Å². The van der Waals surface area contributed by atoms with Crippen molar-refractivity contribution in [1.82, 2.24) is 9.94 Å². The summed E-state index contributed by atoms with van der Waals surface area (Å²) < 4.78 is 0. The second-order valence-corrected chi connectivity index (χ2v) is 5.14. The van der Waals surface area contributed by atoms with E-state index in [2.05, 4.69) is 5.10 Å². The molecule has 0 aromatic carbocycles. The van der Waals surface area contributed by atoms with Crippen LogP contribution in [0.15, 0.2) is 0 Å². The molecule has 1 aromatic rings. The van der Waals surface area contributed by atoms with Crippen molar-refractivity contribution in [2.24, 2.45) is 0 Å². The number of nitrogens with zero attached hydrogens (tertiary/aromatic N) is 2. The van der Waals surface area contributed by atoms with Gasteiger partial charge in [0, 0.05) is 11.0 Å². The molecule has 1 fully saturated rings. The Morgan fingerprint density at radius 3 is 2.67 bits per heavy atom. The van der Waals surface area contributed by atoms with Crippen LogP contribution < -0.4 is 0 Å². The van der Waals surface area contributed by atoms with E-state index in [9.17, 15) is 5.21 Å². The lowest BCUT2D eigenvalue weighted by molar-refractivity contribution is 0.135. The number of aromatic nitrogens is 2. The van der Waals surface area contributed by atoms with Crippen molar-refractivity contribution in [3.63, 3.8) is 0 Å². The van der Waals surface area contributed by atoms with E-state index in [0.717, 1.165) is 17.0 Å². The highest BCUT2D eigenvalue weighted by molar-refractivity contribution is 5.37. The zero-order chi connectivity index (χ0) is 10.5. The Bertz CT molecular complexity index is 389. The van der Waals surface area contributed by atoms with Crippen LogP contribution in [0.3, 0.4) is 0 Å². The molecule has 1 heterocycles. The highest BCUT2D eigenvalue weighted by atomic mass is 16.5. The monoisotopic (exact) mass is 206 g/mol. The topological polar surface area (TPSA) is 38.0 Å². The quantitative estimate of drug-likeness (QED) is 0.662. The third-order valence-corrected chi connectivity index (χ3v) is 4.38. The molecule has 1 spiro atoms. The van der Waals surface area contributed by atoms with E-state index in [1.54, 1.807) is 0 Å². The van der Waals surface area contributed by atoms with E-state index in [0.29, 0.717) is 5.41 Å². The largest absolute Gasteiger partial charge is 0.411 e. The molecule has 1 N–H and O–H groups in total. The molecule has 0 aliphatic heterocycles. The zero-order valence-electron chi connectivity index (χ0n) is 9.29. The lowest BCUT2D eigenvalue weighted by Crippen LogP contribution is -2.27. The Morgan fingerprint density at radius 2 is 1.93 bits per heavy atom. The van der Waals surface area contributed by atoms with Crippen molar-refractivity contribution in [1.29, 1.82) is 0 Å². The van der Waals surface area contributed by atoms with E-state index in [1.807, 2.05) is 6.92 Å². The van der Waals surface area contributed by atoms with Gasteiger partial charge >= 0.3 is 0 Å². The first-order chi connectivity index (χ1) is 7.23. The fourth-order valence-electron chi connectivity index (χ4n) is 3.45. The van der Waals surface area contributed by atoms with Gasteiger partial charge in [-0.3, -0.25) is 0 Å². The minimum atomic E-state index is 0.326. The highest BCUT2D eigenvalue weighted by Crippen LogP contribution is 2.48. The van der Waals surface area contributed by atoms with Crippen molar-refractivity contribution in [3.05, 3.63) is 17.0 Å². The molecule has 2 aliphatic rings. The lowest BCUT2D eigenvalue weighted by atomic mass is 9.72. The van der Waals surface area contributed by atoms with E-state index >= 15 is 0 Å². The van der Waals surface area contributed by atoms with Crippen molar-refractivity contribution in [2.75, 3.05) is 0 Å². The van der Waals surface area contributed by atoms with Crippen molar-refractivity contribution < 1.29 is 5.21 Å². The molecule has 3 rings (SSSR count). The maximum absolute atomic E-state index is 9.61. The van der Waals surface area contributed by atoms with Gasteiger partial charge in [0.05, 0.1) is 11.4 Å². The third-order valence-electron chi connectivity index (χ3n) is 4.38. The van der Waals surface area contributed by atoms with Crippen molar-refractivity contribution >= 4 is 0 Å². The number of hydrogen-bond donors (Lipinski definition) is 1. The fraction of sp³-hybridized carbons (Fsp3) is 0.750. The van der Waals surface area contributed by atoms with Crippen LogP contribution in [0.4, 0.5) is 0 Å². The summed E-state index contributed by atoms with van der Waals surface area (Å²) in [7, 11) is 0. The van der Waals surface area contributed by atoms with Crippen LogP contribution in [0.1, 0.15) is 55.5 Å². The van der Waals surface area contributed by atoms with Gasteiger partial charge in [0.2, 0.25) is 0 Å². The molecule has 1 aromatic heterocycles. The number of fused-ring (bicyclic) bond motifs is 2. The molecule has 0 bridgehead atoms. The number of hydrogen-bond acceptors (Lipinski definition) is 2. The smallest absolute Gasteiger partial charge is 0.0802 e. The van der Waals surface area contributed by atoms with Gasteiger partial charge in [0.15, 0.2) is 0 Å². The molecule has 0 unspecified atom stereocenters. The number of rotatable bonds is 0. The van der Waals surface area contributed by atoms with Crippen LogP contribution >= 0.6 is 0 Å². The summed E-state index contributed by atoms with van der Waals surface area (Å²) in [6, 6.07) is 0. The summed E-state index contributed by atoms with van der Waals surface area (Å²) in [4.78, 5) is 1.08. The molecule has 0 saturated heterocycles. The summed E-state index contributed by atoms with van der Waals surface area (Å²) >= 11 is 0. The van der Waals surface area contributed by atoms with Gasteiger partial charge in [-0.1, -0.05) is 19.3 Å². The summed E-state index contributed by atoms with van der Waals surface area (Å²) in [6.07, 6.45) is 8.95. The molecule has 15 heavy (non-hydrogen) atoms. The SMILES string of the molecule is Cc1c2c(nn1O)C1(CCCCC1)CC2. The van der Waals surface area contributed by atoms with E-state index in [4.69, 9.17) is 0 Å². The molecular formula is C12H18N2O. The second-order valence-electron chi connectivity index (χ2n) is 5.14. The van der Waals surface area contributed by atoms with Crippen LogP contribution in [0.5, 0.6) is 0 Å². The Labute approximate surface area is 90.1 Å². The molecule has 0 amide bonds. The third kappa shape index (κ3) is 1.15. The molecule has 0 radical (unpaired) electrons. The van der Waals surface area contributed by atoms with E-state index < -0.39 is 0 Å². The second kappa shape index (κ2) is 3.00.